The van der Waals surface area contributed by atoms with Gasteiger partial charge in [-0.3, -0.25) is 0 Å². The van der Waals surface area contributed by atoms with Gasteiger partial charge in [0.1, 0.15) is 24.2 Å². The summed E-state index contributed by atoms with van der Waals surface area (Å²) in [6.07, 6.45) is 8.77. The maximum absolute atomic E-state index is 10.1. The molecule has 0 spiro atoms. The van der Waals surface area contributed by atoms with E-state index in [0.29, 0.717) is 46.7 Å². The Hall–Kier alpha value is -4.23. The summed E-state index contributed by atoms with van der Waals surface area (Å²) < 4.78 is 7.48. The SMILES string of the molecule is Cc1cnc(N[C@H]2[C@H](C)C3[C@H]2CN3c2ccc(-c3cc(OCC(C)(C)O)cn4ncc(C#N)c34)cn2)nc1. The molecule has 10 heteroatoms. The molecule has 6 rings (SSSR count). The van der Waals surface area contributed by atoms with Crippen LogP contribution in [0.5, 0.6) is 5.75 Å². The molecule has 0 bridgehead atoms. The van der Waals surface area contributed by atoms with Gasteiger partial charge in [-0.1, -0.05) is 6.92 Å². The number of fused-ring (bicyclic) bond motifs is 2. The van der Waals surface area contributed by atoms with Crippen LogP contribution >= 0.6 is 0 Å². The number of piperidine rings is 1. The molecule has 4 aromatic rings. The van der Waals surface area contributed by atoms with Crippen LogP contribution < -0.4 is 15.0 Å². The number of nitriles is 1. The highest BCUT2D eigenvalue weighted by molar-refractivity contribution is 5.85. The third-order valence-electron chi connectivity index (χ3n) is 7.50. The average Bonchev–Trinajstić information content (AvgIpc) is 3.30. The third kappa shape index (κ3) is 4.19. The number of hydrogen-bond donors (Lipinski definition) is 2. The van der Waals surface area contributed by atoms with Crippen LogP contribution in [0.15, 0.2) is 49.2 Å². The molecule has 2 fully saturated rings. The van der Waals surface area contributed by atoms with Crippen molar-refractivity contribution < 1.29 is 9.84 Å². The molecule has 1 saturated carbocycles. The summed E-state index contributed by atoms with van der Waals surface area (Å²) in [7, 11) is 0. The zero-order valence-electron chi connectivity index (χ0n) is 21.8. The van der Waals surface area contributed by atoms with Crippen LogP contribution in [0.2, 0.25) is 0 Å². The molecule has 0 amide bonds. The second-order valence-electron chi connectivity index (χ2n) is 11.0. The predicted molar refractivity (Wildman–Crippen MR) is 143 cm³/mol. The minimum Gasteiger partial charge on any atom is -0.489 e. The Morgan fingerprint density at radius 1 is 1.18 bits per heavy atom. The van der Waals surface area contributed by atoms with E-state index in [-0.39, 0.29) is 6.61 Å². The molecular weight excluding hydrogens is 480 g/mol. The molecule has 1 aliphatic carbocycles. The van der Waals surface area contributed by atoms with Gasteiger partial charge < -0.3 is 20.1 Å². The van der Waals surface area contributed by atoms with Crippen LogP contribution in [-0.2, 0) is 0 Å². The van der Waals surface area contributed by atoms with Crippen LogP contribution in [0.4, 0.5) is 11.8 Å². The van der Waals surface area contributed by atoms with Gasteiger partial charge in [0.15, 0.2) is 0 Å². The van der Waals surface area contributed by atoms with Gasteiger partial charge in [0, 0.05) is 54.3 Å². The summed E-state index contributed by atoms with van der Waals surface area (Å²) >= 11 is 0. The highest BCUT2D eigenvalue weighted by Crippen LogP contribution is 2.49. The van der Waals surface area contributed by atoms with E-state index >= 15 is 0 Å². The molecule has 1 aliphatic heterocycles. The highest BCUT2D eigenvalue weighted by Gasteiger charge is 2.58. The summed E-state index contributed by atoms with van der Waals surface area (Å²) in [4.78, 5) is 15.9. The Balaban J connectivity index is 1.21. The van der Waals surface area contributed by atoms with Gasteiger partial charge in [-0.2, -0.15) is 10.4 Å². The van der Waals surface area contributed by atoms with Gasteiger partial charge in [-0.05, 0) is 50.5 Å². The molecule has 10 nitrogen and oxygen atoms in total. The first-order chi connectivity index (χ1) is 18.2. The lowest BCUT2D eigenvalue weighted by Gasteiger charge is -2.64. The number of nitrogens with one attached hydrogen (secondary N) is 1. The molecule has 4 aromatic heterocycles. The molecule has 2 aliphatic rings. The zero-order chi connectivity index (χ0) is 26.6. The Kier molecular flexibility index (Phi) is 5.69. The summed E-state index contributed by atoms with van der Waals surface area (Å²) in [5, 5.41) is 27.6. The Bertz CT molecular complexity index is 1510. The van der Waals surface area contributed by atoms with Crippen molar-refractivity contribution in [2.45, 2.75) is 45.4 Å². The molecule has 0 aromatic carbocycles. The standard InChI is InChI=1S/C28H30N8O2/c1-16-9-31-27(32-10-16)34-24-17(2)25-22(24)14-35(25)23-6-5-18(11-30-23)21-7-20(38-15-28(3,4)37)13-36-26(21)19(8-29)12-33-36/h5-7,9-13,17,22,24-25,37H,14-15H2,1-4H3,(H,31,32,34)/t17-,22-,24-,25?/m0/s1. The van der Waals surface area contributed by atoms with Crippen molar-refractivity contribution >= 4 is 17.3 Å². The average molecular weight is 511 g/mol. The number of pyridine rings is 2. The summed E-state index contributed by atoms with van der Waals surface area (Å²) in [5.41, 5.74) is 2.90. The summed E-state index contributed by atoms with van der Waals surface area (Å²) in [6, 6.07) is 8.94. The molecule has 194 valence electrons. The third-order valence-corrected chi connectivity index (χ3v) is 7.50. The van der Waals surface area contributed by atoms with E-state index in [1.54, 1.807) is 30.8 Å². The van der Waals surface area contributed by atoms with Crippen molar-refractivity contribution in [3.05, 3.63) is 60.3 Å². The Labute approximate surface area is 220 Å². The van der Waals surface area contributed by atoms with Crippen LogP contribution in [0.25, 0.3) is 16.6 Å². The number of nitrogens with zero attached hydrogens (tertiary/aromatic N) is 7. The molecule has 5 heterocycles. The normalized spacial score (nSPS) is 22.3. The van der Waals surface area contributed by atoms with Crippen molar-refractivity contribution in [2.75, 3.05) is 23.4 Å². The van der Waals surface area contributed by atoms with Gasteiger partial charge in [0.2, 0.25) is 5.95 Å². The zero-order valence-corrected chi connectivity index (χ0v) is 21.8. The smallest absolute Gasteiger partial charge is 0.222 e. The van der Waals surface area contributed by atoms with Gasteiger partial charge in [0.05, 0.1) is 29.1 Å². The van der Waals surface area contributed by atoms with E-state index in [1.165, 1.54) is 0 Å². The van der Waals surface area contributed by atoms with Gasteiger partial charge >= 0.3 is 0 Å². The van der Waals surface area contributed by atoms with Crippen LogP contribution in [-0.4, -0.2) is 60.5 Å². The number of ether oxygens (including phenoxy) is 1. The van der Waals surface area contributed by atoms with E-state index in [1.807, 2.05) is 43.7 Å². The monoisotopic (exact) mass is 510 g/mol. The summed E-state index contributed by atoms with van der Waals surface area (Å²) in [5.74, 6) is 3.14. The second kappa shape index (κ2) is 8.96. The lowest BCUT2D eigenvalue weighted by atomic mass is 9.59. The first-order valence-electron chi connectivity index (χ1n) is 12.8. The molecule has 2 N–H and O–H groups in total. The minimum absolute atomic E-state index is 0.128. The molecule has 38 heavy (non-hydrogen) atoms. The quantitative estimate of drug-likeness (QED) is 0.385. The fourth-order valence-corrected chi connectivity index (χ4v) is 5.56. The van der Waals surface area contributed by atoms with Crippen LogP contribution in [0.1, 0.15) is 31.9 Å². The maximum atomic E-state index is 10.1. The first kappa shape index (κ1) is 24.1. The van der Waals surface area contributed by atoms with Crippen molar-refractivity contribution in [3.63, 3.8) is 0 Å². The minimum atomic E-state index is -0.977. The van der Waals surface area contributed by atoms with Crippen molar-refractivity contribution in [1.29, 1.82) is 5.26 Å². The predicted octanol–water partition coefficient (Wildman–Crippen LogP) is 3.45. The largest absolute Gasteiger partial charge is 0.489 e. The fourth-order valence-electron chi connectivity index (χ4n) is 5.56. The van der Waals surface area contributed by atoms with E-state index in [2.05, 4.69) is 38.3 Å². The Morgan fingerprint density at radius 2 is 1.97 bits per heavy atom. The first-order valence-corrected chi connectivity index (χ1v) is 12.8. The lowest BCUT2D eigenvalue weighted by molar-refractivity contribution is 0.0283. The number of aryl methyl sites for hydroxylation is 1. The van der Waals surface area contributed by atoms with E-state index in [0.717, 1.165) is 29.1 Å². The van der Waals surface area contributed by atoms with Gasteiger partial charge in [0.25, 0.3) is 0 Å². The van der Waals surface area contributed by atoms with Crippen molar-refractivity contribution in [3.8, 4) is 22.9 Å². The van der Waals surface area contributed by atoms with Crippen LogP contribution in [0, 0.1) is 30.1 Å². The molecule has 4 atom stereocenters. The van der Waals surface area contributed by atoms with E-state index < -0.39 is 5.60 Å². The summed E-state index contributed by atoms with van der Waals surface area (Å²) in [6.45, 7) is 8.67. The maximum Gasteiger partial charge on any atom is 0.222 e. The number of hydrogen-bond acceptors (Lipinski definition) is 9. The van der Waals surface area contributed by atoms with Crippen molar-refractivity contribution in [2.24, 2.45) is 11.8 Å². The topological polar surface area (TPSA) is 124 Å². The van der Waals surface area contributed by atoms with E-state index in [9.17, 15) is 10.4 Å². The number of rotatable bonds is 7. The Morgan fingerprint density at radius 3 is 2.63 bits per heavy atom. The number of anilines is 2. The van der Waals surface area contributed by atoms with Crippen molar-refractivity contribution in [1.82, 2.24) is 24.6 Å². The molecule has 1 saturated heterocycles. The fraction of sp³-hybridized carbons (Fsp3) is 0.393. The van der Waals surface area contributed by atoms with Gasteiger partial charge in [-0.25, -0.2) is 19.5 Å². The lowest BCUT2D eigenvalue weighted by Crippen LogP contribution is -2.76. The number of aliphatic hydroxyl groups is 1. The molecular formula is C28H30N8O2. The molecule has 0 radical (unpaired) electrons. The second-order valence-corrected chi connectivity index (χ2v) is 11.0. The van der Waals surface area contributed by atoms with Crippen LogP contribution in [0.3, 0.4) is 0 Å². The van der Waals surface area contributed by atoms with Gasteiger partial charge in [-0.15, -0.1) is 0 Å². The number of aromatic nitrogens is 5. The highest BCUT2D eigenvalue weighted by atomic mass is 16.5. The van der Waals surface area contributed by atoms with E-state index in [4.69, 9.17) is 9.72 Å². The molecule has 1 unspecified atom stereocenters.